The first-order valence-corrected chi connectivity index (χ1v) is 7.06. The molecular weight excluding hydrogens is 266 g/mol. The lowest BCUT2D eigenvalue weighted by Gasteiger charge is -2.23. The van der Waals surface area contributed by atoms with E-state index in [4.69, 9.17) is 16.3 Å². The van der Waals surface area contributed by atoms with Gasteiger partial charge in [0.1, 0.15) is 5.02 Å². The molecule has 0 unspecified atom stereocenters. The van der Waals surface area contributed by atoms with Gasteiger partial charge in [0.25, 0.3) is 5.56 Å². The summed E-state index contributed by atoms with van der Waals surface area (Å²) in [4.78, 5) is 12.0. The van der Waals surface area contributed by atoms with Gasteiger partial charge < -0.3 is 10.1 Å². The van der Waals surface area contributed by atoms with Crippen LogP contribution in [0.15, 0.2) is 11.0 Å². The number of nitrogens with zero attached hydrogens (tertiary/aromatic N) is 2. The standard InChI is InChI=1S/C13H20ClN3O2/c1-9(2)17-13(18)12(14)11(8-16-17)15-7-10-3-5-19-6-4-10/h8-10,15H,3-7H2,1-2H3. The average Bonchev–Trinajstić information content (AvgIpc) is 2.41. The molecule has 0 spiro atoms. The lowest BCUT2D eigenvalue weighted by Crippen LogP contribution is -2.27. The van der Waals surface area contributed by atoms with Gasteiger partial charge in [-0.3, -0.25) is 4.79 Å². The summed E-state index contributed by atoms with van der Waals surface area (Å²) in [6, 6.07) is 0.00884. The third kappa shape index (κ3) is 3.48. The van der Waals surface area contributed by atoms with Crippen molar-refractivity contribution in [2.75, 3.05) is 25.1 Å². The second-order valence-corrected chi connectivity index (χ2v) is 5.53. The molecule has 0 bridgehead atoms. The molecule has 2 rings (SSSR count). The Kier molecular flexibility index (Phi) is 4.82. The highest BCUT2D eigenvalue weighted by Gasteiger charge is 2.15. The van der Waals surface area contributed by atoms with Gasteiger partial charge >= 0.3 is 0 Å². The van der Waals surface area contributed by atoms with Crippen molar-refractivity contribution in [2.24, 2.45) is 5.92 Å². The fraction of sp³-hybridized carbons (Fsp3) is 0.692. The summed E-state index contributed by atoms with van der Waals surface area (Å²) in [5.74, 6) is 0.567. The lowest BCUT2D eigenvalue weighted by atomic mass is 10.0. The molecule has 19 heavy (non-hydrogen) atoms. The molecule has 1 aromatic heterocycles. The average molecular weight is 286 g/mol. The maximum Gasteiger partial charge on any atom is 0.287 e. The van der Waals surface area contributed by atoms with E-state index < -0.39 is 0 Å². The predicted molar refractivity (Wildman–Crippen MR) is 75.9 cm³/mol. The Morgan fingerprint density at radius 3 is 2.84 bits per heavy atom. The normalized spacial score (nSPS) is 16.8. The molecule has 1 aliphatic heterocycles. The molecule has 6 heteroatoms. The fourth-order valence-electron chi connectivity index (χ4n) is 2.14. The van der Waals surface area contributed by atoms with E-state index in [1.165, 1.54) is 4.68 Å². The number of rotatable bonds is 4. The number of aromatic nitrogens is 2. The van der Waals surface area contributed by atoms with Crippen molar-refractivity contribution in [3.8, 4) is 0 Å². The third-order valence-corrected chi connectivity index (χ3v) is 3.72. The molecule has 106 valence electrons. The summed E-state index contributed by atoms with van der Waals surface area (Å²) >= 11 is 6.10. The van der Waals surface area contributed by atoms with Gasteiger partial charge in [0.15, 0.2) is 0 Å². The number of ether oxygens (including phenoxy) is 1. The van der Waals surface area contributed by atoms with Crippen LogP contribution < -0.4 is 10.9 Å². The highest BCUT2D eigenvalue weighted by Crippen LogP contribution is 2.19. The fourth-order valence-corrected chi connectivity index (χ4v) is 2.34. The van der Waals surface area contributed by atoms with Gasteiger partial charge in [0, 0.05) is 19.8 Å². The Morgan fingerprint density at radius 2 is 2.21 bits per heavy atom. The first-order valence-electron chi connectivity index (χ1n) is 6.68. The van der Waals surface area contributed by atoms with E-state index in [9.17, 15) is 4.79 Å². The smallest absolute Gasteiger partial charge is 0.287 e. The zero-order valence-electron chi connectivity index (χ0n) is 11.4. The second kappa shape index (κ2) is 6.39. The summed E-state index contributed by atoms with van der Waals surface area (Å²) in [5.41, 5.74) is 0.378. The molecular formula is C13H20ClN3O2. The summed E-state index contributed by atoms with van der Waals surface area (Å²) < 4.78 is 6.71. The first kappa shape index (κ1) is 14.3. The van der Waals surface area contributed by atoms with Gasteiger partial charge in [0.05, 0.1) is 17.9 Å². The molecule has 1 saturated heterocycles. The van der Waals surface area contributed by atoms with Gasteiger partial charge in [-0.25, -0.2) is 4.68 Å². The molecule has 0 amide bonds. The van der Waals surface area contributed by atoms with Crippen molar-refractivity contribution in [3.63, 3.8) is 0 Å². The summed E-state index contributed by atoms with van der Waals surface area (Å²) in [7, 11) is 0. The maximum absolute atomic E-state index is 12.0. The molecule has 1 aliphatic rings. The minimum Gasteiger partial charge on any atom is -0.382 e. The molecule has 0 aliphatic carbocycles. The number of anilines is 1. The van der Waals surface area contributed by atoms with Crippen LogP contribution in [0.25, 0.3) is 0 Å². The molecule has 1 fully saturated rings. The van der Waals surface area contributed by atoms with Crippen LogP contribution in [0.2, 0.25) is 5.02 Å². The van der Waals surface area contributed by atoms with E-state index in [-0.39, 0.29) is 16.6 Å². The van der Waals surface area contributed by atoms with Crippen molar-refractivity contribution in [1.29, 1.82) is 0 Å². The van der Waals surface area contributed by atoms with E-state index in [0.717, 1.165) is 32.6 Å². The molecule has 0 saturated carbocycles. The largest absolute Gasteiger partial charge is 0.382 e. The van der Waals surface area contributed by atoms with Crippen LogP contribution in [-0.4, -0.2) is 29.5 Å². The summed E-state index contributed by atoms with van der Waals surface area (Å²) in [6.45, 7) is 6.23. The Morgan fingerprint density at radius 1 is 1.53 bits per heavy atom. The molecule has 0 aromatic carbocycles. The van der Waals surface area contributed by atoms with E-state index in [1.54, 1.807) is 6.20 Å². The Balaban J connectivity index is 2.04. The Hall–Kier alpha value is -1.07. The van der Waals surface area contributed by atoms with Crippen LogP contribution in [0.1, 0.15) is 32.7 Å². The quantitative estimate of drug-likeness (QED) is 0.922. The van der Waals surface area contributed by atoms with Crippen molar-refractivity contribution in [2.45, 2.75) is 32.7 Å². The second-order valence-electron chi connectivity index (χ2n) is 5.15. The molecule has 1 aromatic rings. The van der Waals surface area contributed by atoms with Gasteiger partial charge in [-0.05, 0) is 32.6 Å². The number of halogens is 1. The zero-order chi connectivity index (χ0) is 13.8. The van der Waals surface area contributed by atoms with Crippen molar-refractivity contribution >= 4 is 17.3 Å². The van der Waals surface area contributed by atoms with Gasteiger partial charge in [-0.1, -0.05) is 11.6 Å². The number of hydrogen-bond donors (Lipinski definition) is 1. The highest BCUT2D eigenvalue weighted by atomic mass is 35.5. The van der Waals surface area contributed by atoms with E-state index in [1.807, 2.05) is 13.8 Å². The van der Waals surface area contributed by atoms with Crippen LogP contribution >= 0.6 is 11.6 Å². The van der Waals surface area contributed by atoms with Crippen molar-refractivity contribution < 1.29 is 4.74 Å². The molecule has 5 nitrogen and oxygen atoms in total. The SMILES string of the molecule is CC(C)n1ncc(NCC2CCOCC2)c(Cl)c1=O. The zero-order valence-corrected chi connectivity index (χ0v) is 12.1. The van der Waals surface area contributed by atoms with Gasteiger partial charge in [0.2, 0.25) is 0 Å². The molecule has 2 heterocycles. The van der Waals surface area contributed by atoms with E-state index in [0.29, 0.717) is 11.6 Å². The topological polar surface area (TPSA) is 56.1 Å². The van der Waals surface area contributed by atoms with Crippen molar-refractivity contribution in [1.82, 2.24) is 9.78 Å². The third-order valence-electron chi connectivity index (χ3n) is 3.35. The van der Waals surface area contributed by atoms with Crippen LogP contribution in [-0.2, 0) is 4.74 Å². The van der Waals surface area contributed by atoms with E-state index >= 15 is 0 Å². The highest BCUT2D eigenvalue weighted by molar-refractivity contribution is 6.32. The van der Waals surface area contributed by atoms with Gasteiger partial charge in [-0.2, -0.15) is 5.10 Å². The van der Waals surface area contributed by atoms with Crippen LogP contribution in [0, 0.1) is 5.92 Å². The van der Waals surface area contributed by atoms with Crippen molar-refractivity contribution in [3.05, 3.63) is 21.6 Å². The number of nitrogens with one attached hydrogen (secondary N) is 1. The summed E-state index contributed by atoms with van der Waals surface area (Å²) in [5, 5.41) is 7.58. The molecule has 0 atom stereocenters. The van der Waals surface area contributed by atoms with Crippen LogP contribution in [0.3, 0.4) is 0 Å². The molecule has 0 radical (unpaired) electrons. The maximum atomic E-state index is 12.0. The van der Waals surface area contributed by atoms with Gasteiger partial charge in [-0.15, -0.1) is 0 Å². The minimum absolute atomic E-state index is 0.00884. The first-order chi connectivity index (χ1) is 9.09. The Labute approximate surface area is 117 Å². The van der Waals surface area contributed by atoms with E-state index in [2.05, 4.69) is 10.4 Å². The minimum atomic E-state index is -0.242. The monoisotopic (exact) mass is 285 g/mol. The molecule has 1 N–H and O–H groups in total. The number of hydrogen-bond acceptors (Lipinski definition) is 4. The Bertz CT molecular complexity index is 481. The lowest BCUT2D eigenvalue weighted by molar-refractivity contribution is 0.0699. The van der Waals surface area contributed by atoms with Crippen LogP contribution in [0.5, 0.6) is 0 Å². The van der Waals surface area contributed by atoms with Crippen LogP contribution in [0.4, 0.5) is 5.69 Å². The predicted octanol–water partition coefficient (Wildman–Crippen LogP) is 2.32. The summed E-state index contributed by atoms with van der Waals surface area (Å²) in [6.07, 6.45) is 3.71.